The molecule has 10 heteroatoms. The summed E-state index contributed by atoms with van der Waals surface area (Å²) in [4.78, 5) is 29.5. The fourth-order valence-corrected chi connectivity index (χ4v) is 5.39. The summed E-state index contributed by atoms with van der Waals surface area (Å²) in [6.07, 6.45) is 0.361. The van der Waals surface area contributed by atoms with E-state index in [1.54, 1.807) is 42.3 Å². The van der Waals surface area contributed by atoms with Crippen molar-refractivity contribution in [2.75, 3.05) is 5.32 Å². The molecule has 0 spiro atoms. The summed E-state index contributed by atoms with van der Waals surface area (Å²) >= 11 is 7.39. The van der Waals surface area contributed by atoms with Crippen LogP contribution in [0, 0.1) is 18.6 Å². The molecule has 188 valence electrons. The quantitative estimate of drug-likeness (QED) is 0.426. The molecule has 2 unspecified atom stereocenters. The third kappa shape index (κ3) is 5.57. The van der Waals surface area contributed by atoms with Crippen molar-refractivity contribution in [3.05, 3.63) is 100 Å². The minimum Gasteiger partial charge on any atom is -0.326 e. The number of carbonyl (C=O) groups is 2. The highest BCUT2D eigenvalue weighted by molar-refractivity contribution is 8.15. The van der Waals surface area contributed by atoms with Gasteiger partial charge in [-0.15, -0.1) is 0 Å². The fraction of sp³-hybridized carbons (Fsp3) is 0.185. The first-order chi connectivity index (χ1) is 17.8. The van der Waals surface area contributed by atoms with Gasteiger partial charge in [0.25, 0.3) is 5.91 Å². The standard InChI is InChI=1S/C27H21ClF2N4O2S/c1-15-5-10-20(12-21(15)30)31-25(35)14-24-26(36)32-27(37-24)34-23(17-3-2-4-18(28)11-17)13-22(33-34)16-6-8-19(29)9-7-16/h2-12,23-24H,13-14H2,1H3,(H,31,35). The summed E-state index contributed by atoms with van der Waals surface area (Å²) in [7, 11) is 0. The van der Waals surface area contributed by atoms with E-state index in [9.17, 15) is 18.4 Å². The van der Waals surface area contributed by atoms with Crippen LogP contribution in [0.1, 0.15) is 35.6 Å². The van der Waals surface area contributed by atoms with Crippen molar-refractivity contribution >= 4 is 51.7 Å². The van der Waals surface area contributed by atoms with Gasteiger partial charge in [-0.25, -0.2) is 13.8 Å². The third-order valence-corrected chi connectivity index (χ3v) is 7.45. The Morgan fingerprint density at radius 1 is 1.14 bits per heavy atom. The number of hydrogen-bond acceptors (Lipinski definition) is 5. The van der Waals surface area contributed by atoms with Crippen LogP contribution in [0.4, 0.5) is 14.5 Å². The molecule has 2 aliphatic heterocycles. The smallest absolute Gasteiger partial charge is 0.262 e. The lowest BCUT2D eigenvalue weighted by molar-refractivity contribution is -0.121. The molecule has 6 nitrogen and oxygen atoms in total. The Kier molecular flexibility index (Phi) is 7.08. The molecule has 0 bridgehead atoms. The van der Waals surface area contributed by atoms with Crippen LogP contribution in [0.2, 0.25) is 5.02 Å². The number of thioether (sulfide) groups is 1. The molecule has 37 heavy (non-hydrogen) atoms. The maximum atomic E-state index is 13.8. The lowest BCUT2D eigenvalue weighted by Gasteiger charge is -2.23. The molecular formula is C27H21ClF2N4O2S. The second-order valence-electron chi connectivity index (χ2n) is 8.73. The van der Waals surface area contributed by atoms with Gasteiger partial charge < -0.3 is 5.32 Å². The van der Waals surface area contributed by atoms with E-state index in [4.69, 9.17) is 16.7 Å². The van der Waals surface area contributed by atoms with Crippen molar-refractivity contribution in [1.82, 2.24) is 5.01 Å². The zero-order valence-electron chi connectivity index (χ0n) is 19.6. The number of amides is 2. The predicted octanol–water partition coefficient (Wildman–Crippen LogP) is 6.10. The lowest BCUT2D eigenvalue weighted by atomic mass is 9.98. The van der Waals surface area contributed by atoms with Gasteiger partial charge in [0.05, 0.1) is 11.8 Å². The van der Waals surface area contributed by atoms with Crippen LogP contribution in [0.3, 0.4) is 0 Å². The molecule has 2 atom stereocenters. The van der Waals surface area contributed by atoms with Crippen molar-refractivity contribution in [2.45, 2.75) is 31.1 Å². The number of aliphatic imine (C=N–C) groups is 1. The van der Waals surface area contributed by atoms with Crippen LogP contribution < -0.4 is 5.32 Å². The summed E-state index contributed by atoms with van der Waals surface area (Å²) in [5.41, 5.74) is 3.14. The Morgan fingerprint density at radius 2 is 1.92 bits per heavy atom. The van der Waals surface area contributed by atoms with Crippen molar-refractivity contribution in [1.29, 1.82) is 0 Å². The largest absolute Gasteiger partial charge is 0.326 e. The van der Waals surface area contributed by atoms with Gasteiger partial charge >= 0.3 is 0 Å². The van der Waals surface area contributed by atoms with Crippen LogP contribution in [0.25, 0.3) is 0 Å². The lowest BCUT2D eigenvalue weighted by Crippen LogP contribution is -2.25. The van der Waals surface area contributed by atoms with E-state index in [1.165, 1.54) is 18.2 Å². The Morgan fingerprint density at radius 3 is 2.65 bits per heavy atom. The Labute approximate surface area is 221 Å². The van der Waals surface area contributed by atoms with Crippen LogP contribution in [0.5, 0.6) is 0 Å². The topological polar surface area (TPSA) is 74.1 Å². The van der Waals surface area contributed by atoms with Crippen molar-refractivity contribution < 1.29 is 18.4 Å². The zero-order valence-corrected chi connectivity index (χ0v) is 21.2. The Bertz CT molecular complexity index is 1440. The minimum absolute atomic E-state index is 0.129. The van der Waals surface area contributed by atoms with Crippen molar-refractivity contribution in [3.8, 4) is 0 Å². The highest BCUT2D eigenvalue weighted by Crippen LogP contribution is 2.39. The molecule has 3 aromatic carbocycles. The summed E-state index contributed by atoms with van der Waals surface area (Å²) < 4.78 is 27.3. The average Bonchev–Trinajstić information content (AvgIpc) is 3.46. The van der Waals surface area contributed by atoms with E-state index >= 15 is 0 Å². The number of benzene rings is 3. The molecule has 2 heterocycles. The number of amidine groups is 1. The summed E-state index contributed by atoms with van der Waals surface area (Å²) in [5.74, 6) is -1.64. The second kappa shape index (κ2) is 10.4. The maximum absolute atomic E-state index is 13.8. The van der Waals surface area contributed by atoms with Crippen LogP contribution in [-0.4, -0.2) is 33.0 Å². The first-order valence-corrected chi connectivity index (χ1v) is 12.8. The van der Waals surface area contributed by atoms with Crippen molar-refractivity contribution in [3.63, 3.8) is 0 Å². The Hall–Kier alpha value is -3.56. The molecule has 1 N–H and O–H groups in total. The number of hydrazone groups is 1. The SMILES string of the molecule is Cc1ccc(NC(=O)CC2SC(N3N=C(c4ccc(F)cc4)CC3c3cccc(Cl)c3)=NC2=O)cc1F. The van der Waals surface area contributed by atoms with Gasteiger partial charge in [-0.1, -0.05) is 53.7 Å². The number of aryl methyl sites for hydroxylation is 1. The summed E-state index contributed by atoms with van der Waals surface area (Å²) in [6, 6.07) is 17.5. The number of nitrogens with one attached hydrogen (secondary N) is 1. The zero-order chi connectivity index (χ0) is 26.1. The highest BCUT2D eigenvalue weighted by Gasteiger charge is 2.39. The molecule has 2 amide bonds. The highest BCUT2D eigenvalue weighted by atomic mass is 35.5. The van der Waals surface area contributed by atoms with E-state index < -0.39 is 22.9 Å². The van der Waals surface area contributed by atoms with E-state index in [0.717, 1.165) is 22.9 Å². The molecule has 0 aromatic heterocycles. The first-order valence-electron chi connectivity index (χ1n) is 11.5. The summed E-state index contributed by atoms with van der Waals surface area (Å²) in [6.45, 7) is 1.63. The molecule has 0 saturated carbocycles. The molecule has 5 rings (SSSR count). The molecule has 3 aromatic rings. The van der Waals surface area contributed by atoms with Gasteiger partial charge in [0, 0.05) is 23.6 Å². The average molecular weight is 539 g/mol. The molecule has 0 saturated heterocycles. The number of hydrogen-bond donors (Lipinski definition) is 1. The second-order valence-corrected chi connectivity index (χ2v) is 10.3. The normalized spacial score (nSPS) is 19.1. The molecule has 2 aliphatic rings. The number of carbonyl (C=O) groups excluding carboxylic acids is 2. The van der Waals surface area contributed by atoms with Crippen molar-refractivity contribution in [2.24, 2.45) is 10.1 Å². The number of anilines is 1. The number of rotatable bonds is 5. The fourth-order valence-electron chi connectivity index (χ4n) is 4.13. The molecule has 0 radical (unpaired) electrons. The van der Waals surface area contributed by atoms with E-state index in [-0.39, 0.29) is 18.3 Å². The van der Waals surface area contributed by atoms with Gasteiger partial charge in [0.2, 0.25) is 5.91 Å². The van der Waals surface area contributed by atoms with Gasteiger partial charge in [0.1, 0.15) is 16.9 Å². The first kappa shape index (κ1) is 25.1. The Balaban J connectivity index is 1.35. The van der Waals surface area contributed by atoms with E-state index in [2.05, 4.69) is 10.3 Å². The van der Waals surface area contributed by atoms with Gasteiger partial charge in [-0.2, -0.15) is 10.1 Å². The van der Waals surface area contributed by atoms with Crippen LogP contribution in [0.15, 0.2) is 76.8 Å². The molecular weight excluding hydrogens is 518 g/mol. The number of halogens is 3. The molecule has 0 fully saturated rings. The van der Waals surface area contributed by atoms with Crippen LogP contribution in [-0.2, 0) is 9.59 Å². The predicted molar refractivity (Wildman–Crippen MR) is 142 cm³/mol. The van der Waals surface area contributed by atoms with Gasteiger partial charge in [-0.3, -0.25) is 9.59 Å². The minimum atomic E-state index is -0.740. The van der Waals surface area contributed by atoms with E-state index in [0.29, 0.717) is 33.6 Å². The van der Waals surface area contributed by atoms with Gasteiger partial charge in [-0.05, 0) is 60.0 Å². The number of nitrogens with zero attached hydrogens (tertiary/aromatic N) is 3. The third-order valence-electron chi connectivity index (χ3n) is 6.07. The maximum Gasteiger partial charge on any atom is 0.262 e. The van der Waals surface area contributed by atoms with Crippen LogP contribution >= 0.6 is 23.4 Å². The monoisotopic (exact) mass is 538 g/mol. The summed E-state index contributed by atoms with van der Waals surface area (Å²) in [5, 5.41) is 9.22. The van der Waals surface area contributed by atoms with E-state index in [1.807, 2.05) is 18.2 Å². The van der Waals surface area contributed by atoms with Gasteiger partial charge in [0.15, 0.2) is 5.17 Å². The molecule has 0 aliphatic carbocycles.